The number of aromatic nitrogens is 3. The van der Waals surface area contributed by atoms with E-state index < -0.39 is 0 Å². The molecule has 1 aliphatic rings. The lowest BCUT2D eigenvalue weighted by Crippen LogP contribution is -2.38. The number of amides is 1. The summed E-state index contributed by atoms with van der Waals surface area (Å²) >= 11 is 0. The molecule has 2 aromatic rings. The predicted molar refractivity (Wildman–Crippen MR) is 75.3 cm³/mol. The van der Waals surface area contributed by atoms with Gasteiger partial charge in [-0.3, -0.25) is 9.20 Å². The minimum Gasteiger partial charge on any atom is -0.355 e. The quantitative estimate of drug-likeness (QED) is 0.845. The van der Waals surface area contributed by atoms with Crippen LogP contribution in [0.4, 0.5) is 0 Å². The van der Waals surface area contributed by atoms with Crippen LogP contribution in [0.2, 0.25) is 0 Å². The number of nitrogens with one attached hydrogen (secondary N) is 2. The zero-order valence-corrected chi connectivity index (χ0v) is 11.4. The summed E-state index contributed by atoms with van der Waals surface area (Å²) in [5.74, 6) is 1.21. The summed E-state index contributed by atoms with van der Waals surface area (Å²) in [5.41, 5.74) is 0.840. The van der Waals surface area contributed by atoms with Gasteiger partial charge in [-0.1, -0.05) is 6.07 Å². The van der Waals surface area contributed by atoms with Crippen LogP contribution in [-0.4, -0.2) is 40.1 Å². The number of carbonyl (C=O) groups is 1. The van der Waals surface area contributed by atoms with Crippen LogP contribution >= 0.6 is 0 Å². The second-order valence-electron chi connectivity index (χ2n) is 5.11. The molecule has 0 aliphatic carbocycles. The van der Waals surface area contributed by atoms with Crippen molar-refractivity contribution in [3.8, 4) is 0 Å². The Balaban J connectivity index is 1.53. The van der Waals surface area contributed by atoms with Crippen molar-refractivity contribution in [1.29, 1.82) is 0 Å². The lowest BCUT2D eigenvalue weighted by molar-refractivity contribution is -0.125. The molecule has 0 unspecified atom stereocenters. The summed E-state index contributed by atoms with van der Waals surface area (Å²) in [4.78, 5) is 12.0. The Morgan fingerprint density at radius 1 is 1.35 bits per heavy atom. The fraction of sp³-hybridized carbons (Fsp3) is 0.500. The molecule has 6 nitrogen and oxygen atoms in total. The first-order chi connectivity index (χ1) is 9.84. The van der Waals surface area contributed by atoms with Gasteiger partial charge in [0.15, 0.2) is 5.65 Å². The fourth-order valence-electron chi connectivity index (χ4n) is 2.59. The molecule has 20 heavy (non-hydrogen) atoms. The monoisotopic (exact) mass is 273 g/mol. The molecule has 1 aliphatic heterocycles. The number of hydrogen-bond donors (Lipinski definition) is 2. The van der Waals surface area contributed by atoms with E-state index in [4.69, 9.17) is 0 Å². The number of rotatable bonds is 4. The van der Waals surface area contributed by atoms with Crippen molar-refractivity contribution in [2.75, 3.05) is 19.6 Å². The molecular weight excluding hydrogens is 254 g/mol. The summed E-state index contributed by atoms with van der Waals surface area (Å²) in [6, 6.07) is 5.81. The van der Waals surface area contributed by atoms with E-state index >= 15 is 0 Å². The van der Waals surface area contributed by atoms with E-state index in [1.165, 1.54) is 0 Å². The number of pyridine rings is 1. The first-order valence-corrected chi connectivity index (χ1v) is 7.11. The van der Waals surface area contributed by atoms with Crippen LogP contribution in [-0.2, 0) is 11.2 Å². The maximum atomic E-state index is 12.0. The highest BCUT2D eigenvalue weighted by molar-refractivity contribution is 5.78. The van der Waals surface area contributed by atoms with Crippen molar-refractivity contribution < 1.29 is 4.79 Å². The summed E-state index contributed by atoms with van der Waals surface area (Å²) in [7, 11) is 0. The van der Waals surface area contributed by atoms with Crippen molar-refractivity contribution in [2.45, 2.75) is 19.3 Å². The Morgan fingerprint density at radius 2 is 2.20 bits per heavy atom. The number of carbonyl (C=O) groups excluding carboxylic acids is 1. The molecule has 3 heterocycles. The molecule has 2 aromatic heterocycles. The summed E-state index contributed by atoms with van der Waals surface area (Å²) < 4.78 is 1.96. The lowest BCUT2D eigenvalue weighted by Gasteiger charge is -2.21. The van der Waals surface area contributed by atoms with Gasteiger partial charge in [-0.05, 0) is 38.1 Å². The van der Waals surface area contributed by atoms with Crippen LogP contribution in [0.15, 0.2) is 24.4 Å². The highest BCUT2D eigenvalue weighted by atomic mass is 16.1. The zero-order chi connectivity index (χ0) is 13.8. The van der Waals surface area contributed by atoms with Gasteiger partial charge in [0.25, 0.3) is 0 Å². The van der Waals surface area contributed by atoms with Crippen molar-refractivity contribution in [3.63, 3.8) is 0 Å². The Labute approximate surface area is 117 Å². The van der Waals surface area contributed by atoms with Crippen LogP contribution in [0.1, 0.15) is 18.7 Å². The normalized spacial score (nSPS) is 16.4. The largest absolute Gasteiger partial charge is 0.355 e. The summed E-state index contributed by atoms with van der Waals surface area (Å²) in [6.07, 6.45) is 4.50. The Bertz CT molecular complexity index is 588. The van der Waals surface area contributed by atoms with Gasteiger partial charge in [-0.2, -0.15) is 0 Å². The van der Waals surface area contributed by atoms with E-state index in [1.807, 2.05) is 28.8 Å². The molecule has 3 rings (SSSR count). The first-order valence-electron chi connectivity index (χ1n) is 7.11. The summed E-state index contributed by atoms with van der Waals surface area (Å²) in [6.45, 7) is 2.48. The molecule has 0 saturated carbocycles. The zero-order valence-electron chi connectivity index (χ0n) is 11.4. The van der Waals surface area contributed by atoms with E-state index in [2.05, 4.69) is 20.8 Å². The molecule has 1 amide bonds. The smallest absolute Gasteiger partial charge is 0.223 e. The third-order valence-electron chi connectivity index (χ3n) is 3.74. The van der Waals surface area contributed by atoms with Gasteiger partial charge in [-0.15, -0.1) is 10.2 Å². The van der Waals surface area contributed by atoms with Gasteiger partial charge in [0.05, 0.1) is 0 Å². The molecule has 106 valence electrons. The SMILES string of the molecule is O=C(NCCc1nnc2ccccn12)C1CCNCC1. The third kappa shape index (κ3) is 2.80. The van der Waals surface area contributed by atoms with Gasteiger partial charge in [0.1, 0.15) is 5.82 Å². The Hall–Kier alpha value is -1.95. The molecule has 1 fully saturated rings. The minimum atomic E-state index is 0.159. The van der Waals surface area contributed by atoms with Crippen molar-refractivity contribution in [1.82, 2.24) is 25.2 Å². The Morgan fingerprint density at radius 3 is 3.05 bits per heavy atom. The molecule has 0 atom stereocenters. The average Bonchev–Trinajstić information content (AvgIpc) is 2.92. The van der Waals surface area contributed by atoms with Gasteiger partial charge in [-0.25, -0.2) is 0 Å². The van der Waals surface area contributed by atoms with E-state index in [0.29, 0.717) is 13.0 Å². The molecule has 0 radical (unpaired) electrons. The van der Waals surface area contributed by atoms with Crippen LogP contribution in [0.25, 0.3) is 5.65 Å². The maximum Gasteiger partial charge on any atom is 0.223 e. The summed E-state index contributed by atoms with van der Waals surface area (Å²) in [5, 5.41) is 14.5. The second-order valence-corrected chi connectivity index (χ2v) is 5.11. The number of piperidine rings is 1. The predicted octanol–water partition coefficient (Wildman–Crippen LogP) is 0.388. The molecule has 1 saturated heterocycles. The van der Waals surface area contributed by atoms with Gasteiger partial charge in [0, 0.05) is 25.1 Å². The lowest BCUT2D eigenvalue weighted by atomic mass is 9.97. The maximum absolute atomic E-state index is 12.0. The molecule has 6 heteroatoms. The first kappa shape index (κ1) is 13.1. The molecule has 2 N–H and O–H groups in total. The number of hydrogen-bond acceptors (Lipinski definition) is 4. The number of fused-ring (bicyclic) bond motifs is 1. The molecule has 0 aromatic carbocycles. The molecular formula is C14H19N5O. The van der Waals surface area contributed by atoms with Crippen molar-refractivity contribution in [3.05, 3.63) is 30.2 Å². The van der Waals surface area contributed by atoms with Gasteiger partial charge < -0.3 is 10.6 Å². The standard InChI is InChI=1S/C14H19N5O/c20-14(11-4-7-15-8-5-11)16-9-6-13-18-17-12-3-1-2-10-19(12)13/h1-3,10-11,15H,4-9H2,(H,16,20). The number of nitrogens with zero attached hydrogens (tertiary/aromatic N) is 3. The average molecular weight is 273 g/mol. The van der Waals surface area contributed by atoms with Crippen molar-refractivity contribution in [2.24, 2.45) is 5.92 Å². The van der Waals surface area contributed by atoms with Gasteiger partial charge in [0.2, 0.25) is 5.91 Å². The van der Waals surface area contributed by atoms with E-state index in [-0.39, 0.29) is 11.8 Å². The van der Waals surface area contributed by atoms with Crippen molar-refractivity contribution >= 4 is 11.6 Å². The van der Waals surface area contributed by atoms with Gasteiger partial charge >= 0.3 is 0 Å². The Kier molecular flexibility index (Phi) is 3.92. The highest BCUT2D eigenvalue weighted by Gasteiger charge is 2.20. The fourth-order valence-corrected chi connectivity index (χ4v) is 2.59. The highest BCUT2D eigenvalue weighted by Crippen LogP contribution is 2.11. The van der Waals surface area contributed by atoms with Crippen LogP contribution < -0.4 is 10.6 Å². The topological polar surface area (TPSA) is 71.3 Å². The minimum absolute atomic E-state index is 0.159. The van der Waals surface area contributed by atoms with Crippen LogP contribution in [0.3, 0.4) is 0 Å². The second kappa shape index (κ2) is 6.00. The van der Waals surface area contributed by atoms with Crippen LogP contribution in [0, 0.1) is 5.92 Å². The molecule has 0 spiro atoms. The van der Waals surface area contributed by atoms with E-state index in [1.54, 1.807) is 0 Å². The van der Waals surface area contributed by atoms with Crippen LogP contribution in [0.5, 0.6) is 0 Å². The van der Waals surface area contributed by atoms with E-state index in [9.17, 15) is 4.79 Å². The van der Waals surface area contributed by atoms with E-state index in [0.717, 1.165) is 37.4 Å². The molecule has 0 bridgehead atoms. The third-order valence-corrected chi connectivity index (χ3v) is 3.74.